The number of ether oxygens (including phenoxy) is 1. The van der Waals surface area contributed by atoms with E-state index >= 15 is 0 Å². The Morgan fingerprint density at radius 1 is 1.60 bits per heavy atom. The second kappa shape index (κ2) is 6.81. The minimum absolute atomic E-state index is 0.169. The van der Waals surface area contributed by atoms with Gasteiger partial charge in [0.25, 0.3) is 0 Å². The molecule has 0 spiro atoms. The highest BCUT2D eigenvalue weighted by Crippen LogP contribution is 2.16. The highest BCUT2D eigenvalue weighted by molar-refractivity contribution is 9.10. The molecular weight excluding hydrogens is 328 g/mol. The van der Waals surface area contributed by atoms with Crippen molar-refractivity contribution in [1.82, 2.24) is 10.3 Å². The van der Waals surface area contributed by atoms with Gasteiger partial charge in [0, 0.05) is 19.2 Å². The molecule has 1 amide bonds. The molecule has 2 N–H and O–H groups in total. The summed E-state index contributed by atoms with van der Waals surface area (Å²) in [6.07, 6.45) is 2.70. The monoisotopic (exact) mass is 342 g/mol. The SMILES string of the molecule is O=C(N[C@H](Cc1cccnc1Br)C(=O)O)[C@@H]1CCCO1. The molecule has 1 aliphatic rings. The van der Waals surface area contributed by atoms with Crippen LogP contribution in [0.2, 0.25) is 0 Å². The number of hydrogen-bond donors (Lipinski definition) is 2. The predicted octanol–water partition coefficient (Wildman–Crippen LogP) is 1.13. The Bertz CT molecular complexity index is 503. The molecule has 6 nitrogen and oxygen atoms in total. The molecule has 2 atom stereocenters. The van der Waals surface area contributed by atoms with Crippen LogP contribution in [-0.2, 0) is 20.7 Å². The largest absolute Gasteiger partial charge is 0.480 e. The van der Waals surface area contributed by atoms with Crippen LogP contribution in [0.25, 0.3) is 0 Å². The summed E-state index contributed by atoms with van der Waals surface area (Å²) in [6, 6.07) is 2.50. The molecule has 7 heteroatoms. The molecular formula is C13H15BrN2O4. The van der Waals surface area contributed by atoms with E-state index < -0.39 is 18.1 Å². The topological polar surface area (TPSA) is 88.5 Å². The average molecular weight is 343 g/mol. The first-order valence-electron chi connectivity index (χ1n) is 6.32. The number of aliphatic carboxylic acids is 1. The molecule has 0 aromatic carbocycles. The third kappa shape index (κ3) is 3.77. The normalized spacial score (nSPS) is 19.6. The maximum Gasteiger partial charge on any atom is 0.326 e. The smallest absolute Gasteiger partial charge is 0.326 e. The van der Waals surface area contributed by atoms with E-state index in [0.29, 0.717) is 17.6 Å². The molecule has 0 unspecified atom stereocenters. The van der Waals surface area contributed by atoms with Gasteiger partial charge in [0.05, 0.1) is 0 Å². The van der Waals surface area contributed by atoms with Gasteiger partial charge in [-0.15, -0.1) is 0 Å². The lowest BCUT2D eigenvalue weighted by Crippen LogP contribution is -2.46. The zero-order valence-electron chi connectivity index (χ0n) is 10.7. The summed E-state index contributed by atoms with van der Waals surface area (Å²) in [7, 11) is 0. The zero-order valence-corrected chi connectivity index (χ0v) is 12.3. The van der Waals surface area contributed by atoms with Gasteiger partial charge in [0.15, 0.2) is 0 Å². The lowest BCUT2D eigenvalue weighted by atomic mass is 10.1. The molecule has 2 heterocycles. The third-order valence-electron chi connectivity index (χ3n) is 3.10. The number of halogens is 1. The molecule has 1 saturated heterocycles. The van der Waals surface area contributed by atoms with Gasteiger partial charge >= 0.3 is 5.97 Å². The summed E-state index contributed by atoms with van der Waals surface area (Å²) < 4.78 is 5.82. The van der Waals surface area contributed by atoms with E-state index in [0.717, 1.165) is 12.0 Å². The zero-order chi connectivity index (χ0) is 14.5. The van der Waals surface area contributed by atoms with Crippen LogP contribution >= 0.6 is 15.9 Å². The summed E-state index contributed by atoms with van der Waals surface area (Å²) in [5.41, 5.74) is 0.729. The fourth-order valence-electron chi connectivity index (χ4n) is 2.04. The molecule has 108 valence electrons. The minimum atomic E-state index is -1.08. The summed E-state index contributed by atoms with van der Waals surface area (Å²) in [5, 5.41) is 11.7. The Balaban J connectivity index is 2.02. The highest BCUT2D eigenvalue weighted by atomic mass is 79.9. The molecule has 1 aliphatic heterocycles. The fraction of sp³-hybridized carbons (Fsp3) is 0.462. The van der Waals surface area contributed by atoms with Crippen LogP contribution in [0.3, 0.4) is 0 Å². The van der Waals surface area contributed by atoms with E-state index in [1.54, 1.807) is 18.3 Å². The quantitative estimate of drug-likeness (QED) is 0.783. The summed E-state index contributed by atoms with van der Waals surface area (Å²) in [5.74, 6) is -1.44. The number of rotatable bonds is 5. The van der Waals surface area contributed by atoms with E-state index in [-0.39, 0.29) is 12.3 Å². The van der Waals surface area contributed by atoms with Crippen LogP contribution < -0.4 is 5.32 Å². The molecule has 2 rings (SSSR count). The van der Waals surface area contributed by atoms with Crippen molar-refractivity contribution in [3.05, 3.63) is 28.5 Å². The average Bonchev–Trinajstić information content (AvgIpc) is 2.94. The Morgan fingerprint density at radius 3 is 3.00 bits per heavy atom. The van der Waals surface area contributed by atoms with Gasteiger partial charge in [-0.2, -0.15) is 0 Å². The Labute approximate surface area is 124 Å². The first-order valence-corrected chi connectivity index (χ1v) is 7.11. The first-order chi connectivity index (χ1) is 9.58. The number of carboxylic acids is 1. The van der Waals surface area contributed by atoms with Crippen molar-refractivity contribution in [3.63, 3.8) is 0 Å². The van der Waals surface area contributed by atoms with Crippen molar-refractivity contribution in [3.8, 4) is 0 Å². The molecule has 0 saturated carbocycles. The van der Waals surface area contributed by atoms with Gasteiger partial charge < -0.3 is 15.2 Å². The van der Waals surface area contributed by atoms with Crippen molar-refractivity contribution in [1.29, 1.82) is 0 Å². The third-order valence-corrected chi connectivity index (χ3v) is 3.81. The number of carboxylic acid groups (broad SMARTS) is 1. The van der Waals surface area contributed by atoms with Crippen LogP contribution in [0.1, 0.15) is 18.4 Å². The van der Waals surface area contributed by atoms with Gasteiger partial charge in [-0.25, -0.2) is 9.78 Å². The molecule has 0 aliphatic carbocycles. The number of nitrogens with one attached hydrogen (secondary N) is 1. The molecule has 1 aromatic heterocycles. The van der Waals surface area contributed by atoms with Crippen molar-refractivity contribution in [2.45, 2.75) is 31.4 Å². The predicted molar refractivity (Wildman–Crippen MR) is 74.2 cm³/mol. The number of hydrogen-bond acceptors (Lipinski definition) is 4. The summed E-state index contributed by atoms with van der Waals surface area (Å²) in [6.45, 7) is 0.546. The fourth-order valence-corrected chi connectivity index (χ4v) is 2.45. The van der Waals surface area contributed by atoms with Gasteiger partial charge in [-0.05, 0) is 40.4 Å². The molecule has 1 aromatic rings. The van der Waals surface area contributed by atoms with Gasteiger partial charge in [-0.3, -0.25) is 4.79 Å². The van der Waals surface area contributed by atoms with Crippen molar-refractivity contribution in [2.24, 2.45) is 0 Å². The van der Waals surface area contributed by atoms with Gasteiger partial charge in [0.2, 0.25) is 5.91 Å². The van der Waals surface area contributed by atoms with Crippen LogP contribution in [-0.4, -0.2) is 40.7 Å². The van der Waals surface area contributed by atoms with E-state index in [9.17, 15) is 14.7 Å². The van der Waals surface area contributed by atoms with E-state index in [1.165, 1.54) is 0 Å². The number of aromatic nitrogens is 1. The Morgan fingerprint density at radius 2 is 2.40 bits per heavy atom. The standard InChI is InChI=1S/C13H15BrN2O4/c14-11-8(3-1-5-15-11)7-9(13(18)19)16-12(17)10-4-2-6-20-10/h1,3,5,9-10H,2,4,6-7H2,(H,16,17)(H,18,19)/t9-,10+/m1/s1. The Kier molecular flexibility index (Phi) is 5.08. The maximum atomic E-state index is 11.9. The van der Waals surface area contributed by atoms with E-state index in [4.69, 9.17) is 4.74 Å². The second-order valence-corrected chi connectivity index (χ2v) is 5.31. The number of carbonyl (C=O) groups is 2. The maximum absolute atomic E-state index is 11.9. The van der Waals surface area contributed by atoms with E-state index in [2.05, 4.69) is 26.2 Å². The molecule has 0 radical (unpaired) electrons. The summed E-state index contributed by atoms with van der Waals surface area (Å²) in [4.78, 5) is 27.2. The summed E-state index contributed by atoms with van der Waals surface area (Å²) >= 11 is 3.26. The second-order valence-electron chi connectivity index (χ2n) is 4.56. The van der Waals surface area contributed by atoms with Crippen LogP contribution in [0.4, 0.5) is 0 Å². The first kappa shape index (κ1) is 14.9. The Hall–Kier alpha value is -1.47. The van der Waals surface area contributed by atoms with Crippen molar-refractivity contribution < 1.29 is 19.4 Å². The minimum Gasteiger partial charge on any atom is -0.480 e. The number of amides is 1. The lowest BCUT2D eigenvalue weighted by Gasteiger charge is -2.17. The number of nitrogens with zero attached hydrogens (tertiary/aromatic N) is 1. The van der Waals surface area contributed by atoms with E-state index in [1.807, 2.05) is 0 Å². The van der Waals surface area contributed by atoms with Crippen LogP contribution in [0, 0.1) is 0 Å². The lowest BCUT2D eigenvalue weighted by molar-refractivity contribution is -0.143. The molecule has 20 heavy (non-hydrogen) atoms. The molecule has 0 bridgehead atoms. The van der Waals surface area contributed by atoms with Crippen molar-refractivity contribution >= 4 is 27.8 Å². The van der Waals surface area contributed by atoms with Crippen LogP contribution in [0.15, 0.2) is 22.9 Å². The van der Waals surface area contributed by atoms with Gasteiger partial charge in [-0.1, -0.05) is 6.07 Å². The van der Waals surface area contributed by atoms with Crippen LogP contribution in [0.5, 0.6) is 0 Å². The highest BCUT2D eigenvalue weighted by Gasteiger charge is 2.28. The van der Waals surface area contributed by atoms with Crippen molar-refractivity contribution in [2.75, 3.05) is 6.61 Å². The number of pyridine rings is 1. The molecule has 1 fully saturated rings. The van der Waals surface area contributed by atoms with Gasteiger partial charge in [0.1, 0.15) is 16.7 Å². The number of carbonyl (C=O) groups excluding carboxylic acids is 1.